The van der Waals surface area contributed by atoms with Crippen molar-refractivity contribution in [3.05, 3.63) is 59.5 Å². The van der Waals surface area contributed by atoms with Gasteiger partial charge in [-0.1, -0.05) is 30.3 Å². The molecule has 1 aliphatic rings. The quantitative estimate of drug-likeness (QED) is 0.795. The van der Waals surface area contributed by atoms with E-state index in [9.17, 15) is 5.11 Å². The van der Waals surface area contributed by atoms with E-state index >= 15 is 0 Å². The lowest BCUT2D eigenvalue weighted by Gasteiger charge is -2.23. The molecule has 0 radical (unpaired) electrons. The summed E-state index contributed by atoms with van der Waals surface area (Å²) in [5, 5.41) is 9.61. The van der Waals surface area contributed by atoms with Crippen LogP contribution in [-0.4, -0.2) is 16.6 Å². The highest BCUT2D eigenvalue weighted by atomic mass is 16.3. The van der Waals surface area contributed by atoms with E-state index in [1.54, 1.807) is 0 Å². The van der Waals surface area contributed by atoms with Crippen molar-refractivity contribution in [2.45, 2.75) is 13.5 Å². The molecule has 1 heterocycles. The molecule has 2 rings (SSSR count). The van der Waals surface area contributed by atoms with Gasteiger partial charge in [-0.05, 0) is 24.1 Å². The number of hydrogen-bond donors (Lipinski definition) is 1. The highest BCUT2D eigenvalue weighted by molar-refractivity contribution is 5.25. The molecule has 1 aliphatic heterocycles. The van der Waals surface area contributed by atoms with Gasteiger partial charge in [-0.15, -0.1) is 0 Å². The minimum absolute atomic E-state index is 0.466. The summed E-state index contributed by atoms with van der Waals surface area (Å²) < 4.78 is 0. The van der Waals surface area contributed by atoms with Gasteiger partial charge in [-0.25, -0.2) is 0 Å². The lowest BCUT2D eigenvalue weighted by atomic mass is 10.1. The summed E-state index contributed by atoms with van der Waals surface area (Å²) >= 11 is 0. The van der Waals surface area contributed by atoms with Crippen molar-refractivity contribution < 1.29 is 5.11 Å². The predicted octanol–water partition coefficient (Wildman–Crippen LogP) is 2.85. The van der Waals surface area contributed by atoms with Crippen LogP contribution in [0.15, 0.2) is 53.9 Å². The van der Waals surface area contributed by atoms with Crippen molar-refractivity contribution in [1.29, 1.82) is 0 Å². The van der Waals surface area contributed by atoms with Gasteiger partial charge in [0.1, 0.15) is 5.76 Å². The highest BCUT2D eigenvalue weighted by Crippen LogP contribution is 2.14. The van der Waals surface area contributed by atoms with Crippen molar-refractivity contribution in [2.75, 3.05) is 6.54 Å². The van der Waals surface area contributed by atoms with Gasteiger partial charge in [-0.3, -0.25) is 0 Å². The van der Waals surface area contributed by atoms with E-state index in [1.807, 2.05) is 37.4 Å². The van der Waals surface area contributed by atoms with Gasteiger partial charge in [0.15, 0.2) is 0 Å². The summed E-state index contributed by atoms with van der Waals surface area (Å²) in [5.41, 5.74) is 2.22. The summed E-state index contributed by atoms with van der Waals surface area (Å²) in [4.78, 5) is 2.09. The van der Waals surface area contributed by atoms with E-state index in [0.717, 1.165) is 12.1 Å². The Balaban J connectivity index is 2.02. The number of nitrogens with zero attached hydrogens (tertiary/aromatic N) is 1. The molecule has 2 heteroatoms. The van der Waals surface area contributed by atoms with Crippen molar-refractivity contribution in [1.82, 2.24) is 4.90 Å². The van der Waals surface area contributed by atoms with E-state index in [2.05, 4.69) is 17.0 Å². The Morgan fingerprint density at radius 2 is 2.00 bits per heavy atom. The fourth-order valence-corrected chi connectivity index (χ4v) is 1.61. The molecule has 1 N–H and O–H groups in total. The normalized spacial score (nSPS) is 15.9. The summed E-state index contributed by atoms with van der Waals surface area (Å²) in [5.74, 6) is 0.466. The second-order valence-electron chi connectivity index (χ2n) is 3.84. The highest BCUT2D eigenvalue weighted by Gasteiger charge is 2.09. The van der Waals surface area contributed by atoms with Gasteiger partial charge in [0.25, 0.3) is 0 Å². The molecule has 2 nitrogen and oxygen atoms in total. The molecule has 0 bridgehead atoms. The molecule has 1 aromatic rings. The molecule has 0 saturated carbocycles. The standard InChI is InChI=1S/C13H15NO/c1-11-7-8-14(10-13(11)15)9-12-5-3-2-4-6-12/h2-8,15H,9-10H2,1H3. The molecule has 0 fully saturated rings. The minimum Gasteiger partial charge on any atom is -0.510 e. The summed E-state index contributed by atoms with van der Waals surface area (Å²) in [7, 11) is 0. The Bertz CT molecular complexity index is 392. The minimum atomic E-state index is 0.466. The van der Waals surface area contributed by atoms with Crippen LogP contribution >= 0.6 is 0 Å². The van der Waals surface area contributed by atoms with Gasteiger partial charge in [0.2, 0.25) is 0 Å². The van der Waals surface area contributed by atoms with Crippen molar-refractivity contribution >= 4 is 0 Å². The van der Waals surface area contributed by atoms with E-state index in [-0.39, 0.29) is 0 Å². The maximum atomic E-state index is 9.61. The zero-order chi connectivity index (χ0) is 10.7. The van der Waals surface area contributed by atoms with Crippen molar-refractivity contribution in [3.63, 3.8) is 0 Å². The average molecular weight is 201 g/mol. The number of aliphatic hydroxyl groups is 1. The summed E-state index contributed by atoms with van der Waals surface area (Å²) in [6.07, 6.45) is 3.98. The first-order valence-corrected chi connectivity index (χ1v) is 5.10. The van der Waals surface area contributed by atoms with Crippen LogP contribution in [0.5, 0.6) is 0 Å². The van der Waals surface area contributed by atoms with Crippen LogP contribution < -0.4 is 0 Å². The lowest BCUT2D eigenvalue weighted by Crippen LogP contribution is -2.22. The van der Waals surface area contributed by atoms with Crippen molar-refractivity contribution in [2.24, 2.45) is 0 Å². The average Bonchev–Trinajstić information content (AvgIpc) is 2.25. The van der Waals surface area contributed by atoms with Crippen LogP contribution in [0.25, 0.3) is 0 Å². The van der Waals surface area contributed by atoms with Gasteiger partial charge in [-0.2, -0.15) is 0 Å². The third-order valence-electron chi connectivity index (χ3n) is 2.57. The third kappa shape index (κ3) is 2.40. The number of aliphatic hydroxyl groups excluding tert-OH is 1. The fraction of sp³-hybridized carbons (Fsp3) is 0.231. The molecule has 0 atom stereocenters. The first-order chi connectivity index (χ1) is 7.25. The number of hydrogen-bond acceptors (Lipinski definition) is 2. The maximum absolute atomic E-state index is 9.61. The Morgan fingerprint density at radius 1 is 1.27 bits per heavy atom. The smallest absolute Gasteiger partial charge is 0.114 e. The van der Waals surface area contributed by atoms with Crippen LogP contribution in [0.2, 0.25) is 0 Å². The Kier molecular flexibility index (Phi) is 2.77. The van der Waals surface area contributed by atoms with Gasteiger partial charge < -0.3 is 10.0 Å². The van der Waals surface area contributed by atoms with Crippen LogP contribution in [0.4, 0.5) is 0 Å². The van der Waals surface area contributed by atoms with E-state index in [0.29, 0.717) is 12.3 Å². The van der Waals surface area contributed by atoms with Crippen LogP contribution in [0.1, 0.15) is 12.5 Å². The number of rotatable bonds is 2. The topological polar surface area (TPSA) is 23.5 Å². The lowest BCUT2D eigenvalue weighted by molar-refractivity contribution is 0.297. The Labute approximate surface area is 90.2 Å². The monoisotopic (exact) mass is 201 g/mol. The zero-order valence-corrected chi connectivity index (χ0v) is 8.85. The SMILES string of the molecule is CC1=C(O)CN(Cc2ccccc2)C=C1. The molecule has 0 aromatic heterocycles. The largest absolute Gasteiger partial charge is 0.510 e. The molecule has 0 aliphatic carbocycles. The van der Waals surface area contributed by atoms with Crippen LogP contribution in [0.3, 0.4) is 0 Å². The molecule has 0 saturated heterocycles. The molecule has 0 spiro atoms. The van der Waals surface area contributed by atoms with Crippen molar-refractivity contribution in [3.8, 4) is 0 Å². The predicted molar refractivity (Wildman–Crippen MR) is 61.3 cm³/mol. The second-order valence-corrected chi connectivity index (χ2v) is 3.84. The molecular weight excluding hydrogens is 186 g/mol. The van der Waals surface area contributed by atoms with Crippen LogP contribution in [-0.2, 0) is 6.54 Å². The van der Waals surface area contributed by atoms with E-state index < -0.39 is 0 Å². The third-order valence-corrected chi connectivity index (χ3v) is 2.57. The van der Waals surface area contributed by atoms with Gasteiger partial charge in [0, 0.05) is 12.7 Å². The van der Waals surface area contributed by atoms with Gasteiger partial charge >= 0.3 is 0 Å². The molecular formula is C13H15NO. The molecule has 0 unspecified atom stereocenters. The molecule has 0 amide bonds. The molecule has 15 heavy (non-hydrogen) atoms. The number of allylic oxidation sites excluding steroid dienone is 2. The van der Waals surface area contributed by atoms with E-state index in [4.69, 9.17) is 0 Å². The second kappa shape index (κ2) is 4.22. The first kappa shape index (κ1) is 9.84. The molecule has 1 aromatic carbocycles. The fourth-order valence-electron chi connectivity index (χ4n) is 1.61. The number of benzene rings is 1. The van der Waals surface area contributed by atoms with E-state index in [1.165, 1.54) is 5.56 Å². The summed E-state index contributed by atoms with van der Waals surface area (Å²) in [6.45, 7) is 3.37. The zero-order valence-electron chi connectivity index (χ0n) is 8.85. The van der Waals surface area contributed by atoms with Crippen LogP contribution in [0, 0.1) is 0 Å². The molecule has 78 valence electrons. The van der Waals surface area contributed by atoms with Gasteiger partial charge in [0.05, 0.1) is 6.54 Å². The Morgan fingerprint density at radius 3 is 2.67 bits per heavy atom. The Hall–Kier alpha value is -1.70. The summed E-state index contributed by atoms with van der Waals surface area (Å²) in [6, 6.07) is 10.3. The first-order valence-electron chi connectivity index (χ1n) is 5.10. The maximum Gasteiger partial charge on any atom is 0.114 e.